The summed E-state index contributed by atoms with van der Waals surface area (Å²) in [5.74, 6) is 6.50. The van der Waals surface area contributed by atoms with Gasteiger partial charge in [-0.15, -0.1) is 0 Å². The molecule has 2 aliphatic heterocycles. The number of imidazole rings is 1. The minimum atomic E-state index is -0.0986. The van der Waals surface area contributed by atoms with E-state index in [1.54, 1.807) is 29.3 Å². The number of ether oxygens (including phenoxy) is 1. The van der Waals surface area contributed by atoms with Gasteiger partial charge in [-0.05, 0) is 48.4 Å². The number of carbonyl (C=O) groups excluding carboxylic acids is 1. The van der Waals surface area contributed by atoms with Crippen LogP contribution in [0.3, 0.4) is 0 Å². The summed E-state index contributed by atoms with van der Waals surface area (Å²) >= 11 is 0. The molecule has 1 unspecified atom stereocenters. The Kier molecular flexibility index (Phi) is 6.62. The van der Waals surface area contributed by atoms with Crippen molar-refractivity contribution in [2.24, 2.45) is 4.99 Å². The van der Waals surface area contributed by atoms with E-state index >= 15 is 0 Å². The van der Waals surface area contributed by atoms with E-state index in [2.05, 4.69) is 32.1 Å². The van der Waals surface area contributed by atoms with Crippen molar-refractivity contribution in [2.75, 3.05) is 31.6 Å². The monoisotopic (exact) mass is 503 g/mol. The van der Waals surface area contributed by atoms with Gasteiger partial charge in [0.25, 0.3) is 5.91 Å². The lowest BCUT2D eigenvalue weighted by molar-refractivity contribution is 0.0303. The zero-order valence-corrected chi connectivity index (χ0v) is 20.6. The number of anilines is 1. The molecule has 1 atom stereocenters. The number of fused-ring (bicyclic) bond motifs is 1. The van der Waals surface area contributed by atoms with Crippen molar-refractivity contribution < 1.29 is 9.53 Å². The number of rotatable bonds is 4. The first kappa shape index (κ1) is 23.6. The molecule has 9 heteroatoms. The average molecular weight is 504 g/mol. The number of hydrogen-bond acceptors (Lipinski definition) is 7. The molecule has 6 rings (SSSR count). The van der Waals surface area contributed by atoms with Gasteiger partial charge in [-0.3, -0.25) is 14.8 Å². The number of nitrogens with zero attached hydrogens (tertiary/aromatic N) is 6. The maximum Gasteiger partial charge on any atom is 0.254 e. The summed E-state index contributed by atoms with van der Waals surface area (Å²) in [6.07, 6.45) is 9.52. The van der Waals surface area contributed by atoms with E-state index < -0.39 is 0 Å². The van der Waals surface area contributed by atoms with Crippen LogP contribution in [0.2, 0.25) is 0 Å². The van der Waals surface area contributed by atoms with Gasteiger partial charge < -0.3 is 15.0 Å². The Balaban J connectivity index is 1.18. The maximum atomic E-state index is 12.8. The van der Waals surface area contributed by atoms with Gasteiger partial charge in [0, 0.05) is 54.8 Å². The van der Waals surface area contributed by atoms with Crippen molar-refractivity contribution in [2.45, 2.75) is 12.6 Å². The Bertz CT molecular complexity index is 1570. The van der Waals surface area contributed by atoms with Crippen molar-refractivity contribution in [3.63, 3.8) is 0 Å². The second-order valence-electron chi connectivity index (χ2n) is 8.96. The van der Waals surface area contributed by atoms with E-state index in [0.717, 1.165) is 22.5 Å². The second kappa shape index (κ2) is 10.7. The normalized spacial score (nSPS) is 17.0. The number of dihydropyridines is 1. The number of hydrogen-bond donors (Lipinski definition) is 1. The smallest absolute Gasteiger partial charge is 0.254 e. The van der Waals surface area contributed by atoms with Gasteiger partial charge in [-0.2, -0.15) is 5.10 Å². The lowest BCUT2D eigenvalue weighted by Gasteiger charge is -2.26. The summed E-state index contributed by atoms with van der Waals surface area (Å²) < 4.78 is 7.09. The zero-order valence-electron chi connectivity index (χ0n) is 20.6. The lowest BCUT2D eigenvalue weighted by atomic mass is 10.1. The van der Waals surface area contributed by atoms with E-state index in [-0.39, 0.29) is 12.1 Å². The molecule has 1 fully saturated rings. The molecule has 0 saturated carbocycles. The molecule has 9 nitrogen and oxygen atoms in total. The highest BCUT2D eigenvalue weighted by molar-refractivity contribution is 5.94. The van der Waals surface area contributed by atoms with Gasteiger partial charge in [0.05, 0.1) is 30.8 Å². The van der Waals surface area contributed by atoms with E-state index in [1.165, 1.54) is 0 Å². The number of aliphatic imine (C=N–C) groups is 1. The SMILES string of the molecule is O=C(c1ccc(-c2ccc3ncc(C#CC4=CC=NC(Nc5cccnc5)C4)n3n2)cc1)N1CCOCC1. The van der Waals surface area contributed by atoms with Gasteiger partial charge in [0.2, 0.25) is 0 Å². The number of allylic oxidation sites excluding steroid dienone is 1. The quantitative estimate of drug-likeness (QED) is 0.429. The third kappa shape index (κ3) is 5.16. The highest BCUT2D eigenvalue weighted by Gasteiger charge is 2.18. The fourth-order valence-electron chi connectivity index (χ4n) is 4.38. The summed E-state index contributed by atoms with van der Waals surface area (Å²) in [4.78, 5) is 27.7. The number of benzene rings is 1. The van der Waals surface area contributed by atoms with Crippen LogP contribution in [0.15, 0.2) is 83.8 Å². The van der Waals surface area contributed by atoms with Crippen LogP contribution in [-0.2, 0) is 4.74 Å². The van der Waals surface area contributed by atoms with Crippen LogP contribution in [-0.4, -0.2) is 69.1 Å². The lowest BCUT2D eigenvalue weighted by Crippen LogP contribution is -2.40. The summed E-state index contributed by atoms with van der Waals surface area (Å²) in [5.41, 5.74) is 5.64. The highest BCUT2D eigenvalue weighted by Crippen LogP contribution is 2.20. The Hall–Kier alpha value is -4.81. The molecule has 5 heterocycles. The fraction of sp³-hybridized carbons (Fsp3) is 0.207. The first-order valence-corrected chi connectivity index (χ1v) is 12.5. The molecule has 38 heavy (non-hydrogen) atoms. The molecule has 0 aliphatic carbocycles. The number of carbonyl (C=O) groups is 1. The Morgan fingerprint density at radius 2 is 1.89 bits per heavy atom. The summed E-state index contributed by atoms with van der Waals surface area (Å²) in [6, 6.07) is 15.2. The molecule has 4 aromatic rings. The molecule has 0 bridgehead atoms. The van der Waals surface area contributed by atoms with Crippen LogP contribution in [0.4, 0.5) is 5.69 Å². The molecular weight excluding hydrogens is 478 g/mol. The third-order valence-corrected chi connectivity index (χ3v) is 6.39. The second-order valence-corrected chi connectivity index (χ2v) is 8.96. The fourth-order valence-corrected chi connectivity index (χ4v) is 4.38. The van der Waals surface area contributed by atoms with Crippen molar-refractivity contribution >= 4 is 23.5 Å². The van der Waals surface area contributed by atoms with Gasteiger partial charge in [-0.1, -0.05) is 18.1 Å². The molecule has 1 aromatic carbocycles. The van der Waals surface area contributed by atoms with Crippen molar-refractivity contribution in [3.05, 3.63) is 90.0 Å². The van der Waals surface area contributed by atoms with Crippen molar-refractivity contribution in [1.82, 2.24) is 24.5 Å². The Morgan fingerprint density at radius 1 is 1.03 bits per heavy atom. The first-order valence-electron chi connectivity index (χ1n) is 12.5. The van der Waals surface area contributed by atoms with Crippen LogP contribution in [0.25, 0.3) is 16.9 Å². The van der Waals surface area contributed by atoms with E-state index in [1.807, 2.05) is 59.5 Å². The minimum Gasteiger partial charge on any atom is -0.378 e. The maximum absolute atomic E-state index is 12.8. The molecular formula is C29H25N7O2. The zero-order chi connectivity index (χ0) is 25.7. The van der Waals surface area contributed by atoms with Crippen LogP contribution < -0.4 is 5.32 Å². The van der Waals surface area contributed by atoms with E-state index in [9.17, 15) is 4.79 Å². The summed E-state index contributed by atoms with van der Waals surface area (Å²) in [6.45, 7) is 2.40. The third-order valence-electron chi connectivity index (χ3n) is 6.39. The summed E-state index contributed by atoms with van der Waals surface area (Å²) in [7, 11) is 0. The molecule has 0 radical (unpaired) electrons. The number of amides is 1. The standard InChI is InChI=1S/C29H25N7O2/c37-29(35-14-16-38-17-15-35)23-6-4-22(5-7-23)26-9-10-28-32-20-25(36(28)34-26)8-3-21-11-13-31-27(18-21)33-24-2-1-12-30-19-24/h1-2,4-7,9-13,19-20,27,33H,14-18H2. The minimum absolute atomic E-state index is 0.0235. The first-order chi connectivity index (χ1) is 18.7. The molecule has 1 N–H and O–H groups in total. The van der Waals surface area contributed by atoms with Gasteiger partial charge in [0.1, 0.15) is 11.9 Å². The Morgan fingerprint density at radius 3 is 2.71 bits per heavy atom. The van der Waals surface area contributed by atoms with Gasteiger partial charge in [-0.25, -0.2) is 9.50 Å². The van der Waals surface area contributed by atoms with Gasteiger partial charge in [0.15, 0.2) is 5.65 Å². The van der Waals surface area contributed by atoms with Crippen molar-refractivity contribution in [3.8, 4) is 23.1 Å². The Labute approximate surface area is 219 Å². The highest BCUT2D eigenvalue weighted by atomic mass is 16.5. The molecule has 1 amide bonds. The van der Waals surface area contributed by atoms with E-state index in [0.29, 0.717) is 49.6 Å². The topological polar surface area (TPSA) is 97.0 Å². The number of morpholine rings is 1. The predicted molar refractivity (Wildman–Crippen MR) is 145 cm³/mol. The van der Waals surface area contributed by atoms with Crippen LogP contribution >= 0.6 is 0 Å². The number of pyridine rings is 1. The number of aromatic nitrogens is 4. The van der Waals surface area contributed by atoms with Crippen LogP contribution in [0, 0.1) is 11.8 Å². The van der Waals surface area contributed by atoms with Crippen LogP contribution in [0.1, 0.15) is 22.5 Å². The van der Waals surface area contributed by atoms with Gasteiger partial charge >= 0.3 is 0 Å². The average Bonchev–Trinajstić information content (AvgIpc) is 3.39. The molecule has 0 spiro atoms. The molecule has 3 aromatic heterocycles. The van der Waals surface area contributed by atoms with Crippen molar-refractivity contribution in [1.29, 1.82) is 0 Å². The largest absolute Gasteiger partial charge is 0.378 e. The molecule has 1 saturated heterocycles. The predicted octanol–water partition coefficient (Wildman–Crippen LogP) is 3.45. The molecule has 2 aliphatic rings. The van der Waals surface area contributed by atoms with Crippen LogP contribution in [0.5, 0.6) is 0 Å². The van der Waals surface area contributed by atoms with E-state index in [4.69, 9.17) is 9.84 Å². The summed E-state index contributed by atoms with van der Waals surface area (Å²) in [5, 5.41) is 8.14. The molecule has 188 valence electrons. The number of nitrogens with one attached hydrogen (secondary N) is 1.